The number of amides is 1. The molecule has 1 saturated heterocycles. The first-order valence-electron chi connectivity index (χ1n) is 8.61. The third-order valence-corrected chi connectivity index (χ3v) is 4.29. The fourth-order valence-electron chi connectivity index (χ4n) is 3.25. The van der Waals surface area contributed by atoms with Crippen LogP contribution in [0.2, 0.25) is 0 Å². The molecule has 1 aliphatic heterocycles. The first-order valence-corrected chi connectivity index (χ1v) is 8.61. The largest absolute Gasteiger partial charge is 0.373 e. The minimum Gasteiger partial charge on any atom is -0.373 e. The van der Waals surface area contributed by atoms with Gasteiger partial charge in [-0.25, -0.2) is 4.98 Å². The van der Waals surface area contributed by atoms with Gasteiger partial charge in [-0.2, -0.15) is 0 Å². The normalized spacial score (nSPS) is 21.4. The van der Waals surface area contributed by atoms with Crippen molar-refractivity contribution in [2.24, 2.45) is 0 Å². The molecule has 0 bridgehead atoms. The van der Waals surface area contributed by atoms with Crippen molar-refractivity contribution in [2.45, 2.75) is 32.6 Å². The highest BCUT2D eigenvalue weighted by Gasteiger charge is 2.21. The van der Waals surface area contributed by atoms with Crippen LogP contribution in [0.25, 0.3) is 10.9 Å². The van der Waals surface area contributed by atoms with Gasteiger partial charge in [-0.1, -0.05) is 12.1 Å². The Morgan fingerprint density at radius 2 is 2.00 bits per heavy atom. The molecule has 7 heteroatoms. The van der Waals surface area contributed by atoms with Crippen LogP contribution in [-0.2, 0) is 16.1 Å². The molecular weight excluding hydrogens is 320 g/mol. The van der Waals surface area contributed by atoms with Crippen molar-refractivity contribution < 1.29 is 9.53 Å². The number of fused-ring (bicyclic) bond motifs is 1. The predicted molar refractivity (Wildman–Crippen MR) is 95.5 cm³/mol. The Bertz CT molecular complexity index is 794. The minimum absolute atomic E-state index is 0.0212. The summed E-state index contributed by atoms with van der Waals surface area (Å²) in [6.07, 6.45) is 1.85. The quantitative estimate of drug-likeness (QED) is 0.861. The van der Waals surface area contributed by atoms with Crippen LogP contribution in [0.5, 0.6) is 0 Å². The zero-order valence-corrected chi connectivity index (χ0v) is 14.6. The average Bonchev–Trinajstić information content (AvgIpc) is 2.57. The molecule has 1 aromatic carbocycles. The third-order valence-electron chi connectivity index (χ3n) is 4.29. The van der Waals surface area contributed by atoms with Crippen molar-refractivity contribution in [3.05, 3.63) is 40.9 Å². The highest BCUT2D eigenvalue weighted by Crippen LogP contribution is 2.09. The number of nitrogens with one attached hydrogen (secondary N) is 1. The lowest BCUT2D eigenvalue weighted by Crippen LogP contribution is -2.48. The maximum Gasteiger partial charge on any atom is 0.261 e. The van der Waals surface area contributed by atoms with E-state index in [-0.39, 0.29) is 30.2 Å². The molecule has 7 nitrogen and oxygen atoms in total. The van der Waals surface area contributed by atoms with Gasteiger partial charge in [0.25, 0.3) is 5.56 Å². The maximum absolute atomic E-state index is 12.4. The minimum atomic E-state index is -0.198. The molecule has 25 heavy (non-hydrogen) atoms. The summed E-state index contributed by atoms with van der Waals surface area (Å²) in [5.41, 5.74) is 0.441. The van der Waals surface area contributed by atoms with E-state index in [1.165, 1.54) is 10.9 Å². The van der Waals surface area contributed by atoms with Crippen LogP contribution in [0, 0.1) is 0 Å². The standard InChI is InChI=1S/C18H24N4O3/c1-13-9-21(10-14(2)25-13)8-7-19-17(23)11-22-12-20-16-6-4-3-5-15(16)18(22)24/h3-6,12-14H,7-11H2,1-2H3,(H,19,23). The van der Waals surface area contributed by atoms with Gasteiger partial charge in [0.15, 0.2) is 0 Å². The van der Waals surface area contributed by atoms with Crippen molar-refractivity contribution >= 4 is 16.8 Å². The Kier molecular flexibility index (Phi) is 5.45. The lowest BCUT2D eigenvalue weighted by atomic mass is 10.2. The van der Waals surface area contributed by atoms with Gasteiger partial charge in [-0.05, 0) is 26.0 Å². The topological polar surface area (TPSA) is 76.5 Å². The Hall–Kier alpha value is -2.25. The van der Waals surface area contributed by atoms with Gasteiger partial charge in [-0.3, -0.25) is 19.1 Å². The van der Waals surface area contributed by atoms with E-state index in [9.17, 15) is 9.59 Å². The molecule has 0 aliphatic carbocycles. The number of nitrogens with zero attached hydrogens (tertiary/aromatic N) is 3. The van der Waals surface area contributed by atoms with E-state index in [0.717, 1.165) is 19.6 Å². The highest BCUT2D eigenvalue weighted by atomic mass is 16.5. The fraction of sp³-hybridized carbons (Fsp3) is 0.500. The zero-order chi connectivity index (χ0) is 17.8. The lowest BCUT2D eigenvalue weighted by Gasteiger charge is -2.35. The average molecular weight is 344 g/mol. The highest BCUT2D eigenvalue weighted by molar-refractivity contribution is 5.78. The lowest BCUT2D eigenvalue weighted by molar-refractivity contribution is -0.121. The molecule has 1 amide bonds. The number of rotatable bonds is 5. The molecule has 134 valence electrons. The third kappa shape index (κ3) is 4.43. The van der Waals surface area contributed by atoms with Crippen LogP contribution >= 0.6 is 0 Å². The summed E-state index contributed by atoms with van der Waals surface area (Å²) in [5.74, 6) is -0.187. The van der Waals surface area contributed by atoms with Crippen LogP contribution in [0.1, 0.15) is 13.8 Å². The SMILES string of the molecule is CC1CN(CCNC(=O)Cn2cnc3ccccc3c2=O)CC(C)O1. The molecular formula is C18H24N4O3. The molecule has 2 aromatic rings. The number of hydrogen-bond donors (Lipinski definition) is 1. The van der Waals surface area contributed by atoms with E-state index in [4.69, 9.17) is 4.74 Å². The molecule has 3 rings (SSSR count). The van der Waals surface area contributed by atoms with Crippen molar-refractivity contribution in [3.8, 4) is 0 Å². The van der Waals surface area contributed by atoms with E-state index in [1.807, 2.05) is 6.07 Å². The van der Waals surface area contributed by atoms with Crippen LogP contribution in [0.15, 0.2) is 35.4 Å². The summed E-state index contributed by atoms with van der Waals surface area (Å²) in [6, 6.07) is 7.13. The maximum atomic E-state index is 12.4. The van der Waals surface area contributed by atoms with E-state index in [2.05, 4.69) is 29.0 Å². The monoisotopic (exact) mass is 344 g/mol. The molecule has 0 radical (unpaired) electrons. The first-order chi connectivity index (χ1) is 12.0. The summed E-state index contributed by atoms with van der Waals surface area (Å²) < 4.78 is 7.04. The molecule has 0 saturated carbocycles. The van der Waals surface area contributed by atoms with Gasteiger partial charge in [0, 0.05) is 26.2 Å². The van der Waals surface area contributed by atoms with Gasteiger partial charge >= 0.3 is 0 Å². The second-order valence-corrected chi connectivity index (χ2v) is 6.56. The molecule has 2 unspecified atom stereocenters. The number of hydrogen-bond acceptors (Lipinski definition) is 5. The number of carbonyl (C=O) groups excluding carboxylic acids is 1. The summed E-state index contributed by atoms with van der Waals surface area (Å²) in [7, 11) is 0. The summed E-state index contributed by atoms with van der Waals surface area (Å²) in [6.45, 7) is 7.15. The second-order valence-electron chi connectivity index (χ2n) is 6.56. The second kappa shape index (κ2) is 7.76. The van der Waals surface area contributed by atoms with Gasteiger partial charge in [0.2, 0.25) is 5.91 Å². The molecule has 2 atom stereocenters. The first kappa shape index (κ1) is 17.6. The number of carbonyl (C=O) groups is 1. The van der Waals surface area contributed by atoms with Crippen LogP contribution in [0.3, 0.4) is 0 Å². The predicted octanol–water partition coefficient (Wildman–Crippen LogP) is 0.622. The number of aromatic nitrogens is 2. The van der Waals surface area contributed by atoms with E-state index >= 15 is 0 Å². The molecule has 1 N–H and O–H groups in total. The molecule has 1 fully saturated rings. The van der Waals surface area contributed by atoms with Crippen molar-refractivity contribution in [3.63, 3.8) is 0 Å². The van der Waals surface area contributed by atoms with Crippen molar-refractivity contribution in [2.75, 3.05) is 26.2 Å². The molecule has 1 aliphatic rings. The Morgan fingerprint density at radius 3 is 2.76 bits per heavy atom. The fourth-order valence-corrected chi connectivity index (χ4v) is 3.25. The number of morpholine rings is 1. The van der Waals surface area contributed by atoms with Gasteiger partial charge in [-0.15, -0.1) is 0 Å². The van der Waals surface area contributed by atoms with E-state index in [0.29, 0.717) is 17.4 Å². The van der Waals surface area contributed by atoms with Crippen LogP contribution in [0.4, 0.5) is 0 Å². The summed E-state index contributed by atoms with van der Waals surface area (Å²) in [4.78, 5) is 31.0. The number of para-hydroxylation sites is 1. The molecule has 2 heterocycles. The van der Waals surface area contributed by atoms with Crippen molar-refractivity contribution in [1.29, 1.82) is 0 Å². The van der Waals surface area contributed by atoms with E-state index < -0.39 is 0 Å². The van der Waals surface area contributed by atoms with Crippen LogP contribution < -0.4 is 10.9 Å². The van der Waals surface area contributed by atoms with Gasteiger partial charge in [0.1, 0.15) is 6.54 Å². The summed E-state index contributed by atoms with van der Waals surface area (Å²) in [5, 5.41) is 3.40. The zero-order valence-electron chi connectivity index (χ0n) is 14.6. The van der Waals surface area contributed by atoms with Gasteiger partial charge in [0.05, 0.1) is 29.4 Å². The molecule has 1 aromatic heterocycles. The number of benzene rings is 1. The van der Waals surface area contributed by atoms with E-state index in [1.54, 1.807) is 18.2 Å². The van der Waals surface area contributed by atoms with Gasteiger partial charge < -0.3 is 10.1 Å². The number of ether oxygens (including phenoxy) is 1. The molecule has 0 spiro atoms. The Balaban J connectivity index is 1.53. The van der Waals surface area contributed by atoms with Crippen LogP contribution in [-0.4, -0.2) is 58.7 Å². The van der Waals surface area contributed by atoms with Crippen molar-refractivity contribution in [1.82, 2.24) is 19.8 Å². The smallest absolute Gasteiger partial charge is 0.261 e. The summed E-state index contributed by atoms with van der Waals surface area (Å²) >= 11 is 0. The Labute approximate surface area is 146 Å². The Morgan fingerprint density at radius 1 is 1.28 bits per heavy atom.